The molecule has 0 saturated carbocycles. The van der Waals surface area contributed by atoms with Crippen LogP contribution in [0.4, 0.5) is 4.39 Å². The van der Waals surface area contributed by atoms with Crippen LogP contribution in [0.1, 0.15) is 31.4 Å². The van der Waals surface area contributed by atoms with E-state index >= 15 is 0 Å². The summed E-state index contributed by atoms with van der Waals surface area (Å²) in [5.74, 6) is -1.68. The van der Waals surface area contributed by atoms with Crippen LogP contribution in [0.5, 0.6) is 0 Å². The van der Waals surface area contributed by atoms with Gasteiger partial charge in [-0.3, -0.25) is 4.79 Å². The zero-order chi connectivity index (χ0) is 22.3. The Kier molecular flexibility index (Phi) is 7.88. The second-order valence-corrected chi connectivity index (χ2v) is 8.59. The maximum atomic E-state index is 13.4. The number of halogens is 1. The quantitative estimate of drug-likeness (QED) is 0.358. The first-order chi connectivity index (χ1) is 14.1. The van der Waals surface area contributed by atoms with Crippen molar-refractivity contribution in [2.45, 2.75) is 25.2 Å². The Morgan fingerprint density at radius 1 is 0.933 bits per heavy atom. The standard InChI is InChI=1S/C22H23FO6S/c1-4-13-28-22(25)21(17-5-9-18(23)10-6-17)20(14-29-15(2)24)16-7-11-19(12-8-16)30(3,26)27/h5-12H,4,13-14H2,1-3H3/b21-20+. The second-order valence-electron chi connectivity index (χ2n) is 6.57. The molecule has 0 N–H and O–H groups in total. The van der Waals surface area contributed by atoms with E-state index in [1.54, 1.807) is 0 Å². The van der Waals surface area contributed by atoms with Gasteiger partial charge in [-0.1, -0.05) is 31.2 Å². The molecule has 0 aromatic heterocycles. The molecule has 2 rings (SSSR count). The van der Waals surface area contributed by atoms with E-state index in [1.165, 1.54) is 55.5 Å². The van der Waals surface area contributed by atoms with Crippen LogP contribution in [0.2, 0.25) is 0 Å². The number of carbonyl (C=O) groups excluding carboxylic acids is 2. The smallest absolute Gasteiger partial charge is 0.339 e. The van der Waals surface area contributed by atoms with Gasteiger partial charge in [-0.25, -0.2) is 17.6 Å². The van der Waals surface area contributed by atoms with Crippen molar-refractivity contribution >= 4 is 32.9 Å². The fourth-order valence-corrected chi connectivity index (χ4v) is 3.31. The van der Waals surface area contributed by atoms with Crippen molar-refractivity contribution in [1.82, 2.24) is 0 Å². The maximum Gasteiger partial charge on any atom is 0.339 e. The van der Waals surface area contributed by atoms with Gasteiger partial charge in [-0.05, 0) is 41.8 Å². The van der Waals surface area contributed by atoms with E-state index in [4.69, 9.17) is 9.47 Å². The molecule has 0 spiro atoms. The third-order valence-electron chi connectivity index (χ3n) is 4.13. The van der Waals surface area contributed by atoms with Crippen LogP contribution in [0.25, 0.3) is 11.1 Å². The lowest BCUT2D eigenvalue weighted by atomic mass is 9.95. The van der Waals surface area contributed by atoms with Crippen molar-refractivity contribution in [3.8, 4) is 0 Å². The Morgan fingerprint density at radius 2 is 1.50 bits per heavy atom. The fraction of sp³-hybridized carbons (Fsp3) is 0.273. The summed E-state index contributed by atoms with van der Waals surface area (Å²) in [6.07, 6.45) is 1.69. The molecule has 2 aromatic rings. The van der Waals surface area contributed by atoms with Gasteiger partial charge in [0.15, 0.2) is 9.84 Å². The molecule has 0 radical (unpaired) electrons. The van der Waals surface area contributed by atoms with Gasteiger partial charge in [0, 0.05) is 18.8 Å². The number of sulfone groups is 1. The SMILES string of the molecule is CCCOC(=O)/C(=C(\COC(C)=O)c1ccc(S(C)(=O)=O)cc1)c1ccc(F)cc1. The van der Waals surface area contributed by atoms with Gasteiger partial charge >= 0.3 is 11.9 Å². The molecule has 0 heterocycles. The molecule has 0 amide bonds. The topological polar surface area (TPSA) is 86.7 Å². The van der Waals surface area contributed by atoms with E-state index < -0.39 is 27.6 Å². The van der Waals surface area contributed by atoms with Gasteiger partial charge in [-0.15, -0.1) is 0 Å². The first-order valence-electron chi connectivity index (χ1n) is 9.23. The number of rotatable bonds is 8. The minimum atomic E-state index is -3.41. The van der Waals surface area contributed by atoms with Crippen molar-refractivity contribution in [1.29, 1.82) is 0 Å². The van der Waals surface area contributed by atoms with Crippen LogP contribution in [0.15, 0.2) is 53.4 Å². The highest BCUT2D eigenvalue weighted by Gasteiger charge is 2.22. The fourth-order valence-electron chi connectivity index (χ4n) is 2.68. The van der Waals surface area contributed by atoms with Crippen LogP contribution in [0.3, 0.4) is 0 Å². The molecule has 6 nitrogen and oxygen atoms in total. The number of carbonyl (C=O) groups is 2. The molecule has 0 aliphatic carbocycles. The molecule has 0 aliphatic heterocycles. The number of hydrogen-bond donors (Lipinski definition) is 0. The second kappa shape index (κ2) is 10.2. The summed E-state index contributed by atoms with van der Waals surface area (Å²) in [6, 6.07) is 11.1. The lowest BCUT2D eigenvalue weighted by Gasteiger charge is -2.16. The Labute approximate surface area is 175 Å². The molecule has 0 saturated heterocycles. The van der Waals surface area contributed by atoms with Gasteiger partial charge in [0.1, 0.15) is 12.4 Å². The first kappa shape index (κ1) is 23.3. The monoisotopic (exact) mass is 434 g/mol. The predicted octanol–water partition coefficient (Wildman–Crippen LogP) is 3.66. The molecule has 0 fully saturated rings. The zero-order valence-corrected chi connectivity index (χ0v) is 17.8. The summed E-state index contributed by atoms with van der Waals surface area (Å²) < 4.78 is 47.4. The van der Waals surface area contributed by atoms with Crippen LogP contribution < -0.4 is 0 Å². The summed E-state index contributed by atoms with van der Waals surface area (Å²) >= 11 is 0. The van der Waals surface area contributed by atoms with Crippen LogP contribution >= 0.6 is 0 Å². The summed E-state index contributed by atoms with van der Waals surface area (Å²) in [6.45, 7) is 3.01. The van der Waals surface area contributed by atoms with Crippen LogP contribution in [-0.4, -0.2) is 39.8 Å². The molecule has 0 bridgehead atoms. The van der Waals surface area contributed by atoms with Crippen molar-refractivity contribution in [3.63, 3.8) is 0 Å². The lowest BCUT2D eigenvalue weighted by molar-refractivity contribution is -0.140. The molecular weight excluding hydrogens is 411 g/mol. The van der Waals surface area contributed by atoms with Crippen LogP contribution in [-0.2, 0) is 28.9 Å². The summed E-state index contributed by atoms with van der Waals surface area (Å²) in [4.78, 5) is 24.4. The lowest BCUT2D eigenvalue weighted by Crippen LogP contribution is -2.13. The van der Waals surface area contributed by atoms with Crippen molar-refractivity contribution < 1.29 is 31.9 Å². The molecule has 0 unspecified atom stereocenters. The zero-order valence-electron chi connectivity index (χ0n) is 17.0. The van der Waals surface area contributed by atoms with Gasteiger partial charge < -0.3 is 9.47 Å². The predicted molar refractivity (Wildman–Crippen MR) is 111 cm³/mol. The molecule has 0 atom stereocenters. The van der Waals surface area contributed by atoms with Gasteiger partial charge in [0.05, 0.1) is 17.1 Å². The van der Waals surface area contributed by atoms with Gasteiger partial charge in [0.2, 0.25) is 0 Å². The third-order valence-corrected chi connectivity index (χ3v) is 5.26. The van der Waals surface area contributed by atoms with E-state index in [0.29, 0.717) is 23.1 Å². The van der Waals surface area contributed by atoms with Crippen molar-refractivity contribution in [3.05, 3.63) is 65.5 Å². The van der Waals surface area contributed by atoms with Crippen LogP contribution in [0, 0.1) is 5.82 Å². The molecule has 8 heteroatoms. The largest absolute Gasteiger partial charge is 0.462 e. The van der Waals surface area contributed by atoms with Crippen molar-refractivity contribution in [2.75, 3.05) is 19.5 Å². The highest BCUT2D eigenvalue weighted by Crippen LogP contribution is 2.29. The number of ether oxygens (including phenoxy) is 2. The molecule has 160 valence electrons. The highest BCUT2D eigenvalue weighted by atomic mass is 32.2. The Morgan fingerprint density at radius 3 is 2.00 bits per heavy atom. The van der Waals surface area contributed by atoms with Crippen molar-refractivity contribution in [2.24, 2.45) is 0 Å². The Balaban J connectivity index is 2.68. The van der Waals surface area contributed by atoms with E-state index in [9.17, 15) is 22.4 Å². The number of esters is 2. The number of hydrogen-bond acceptors (Lipinski definition) is 6. The average molecular weight is 434 g/mol. The van der Waals surface area contributed by atoms with E-state index in [1.807, 2.05) is 6.92 Å². The minimum absolute atomic E-state index is 0.106. The molecular formula is C22H23FO6S. The summed E-state index contributed by atoms with van der Waals surface area (Å²) in [5, 5.41) is 0. The van der Waals surface area contributed by atoms with Gasteiger partial charge in [0.25, 0.3) is 0 Å². The van der Waals surface area contributed by atoms with E-state index in [2.05, 4.69) is 0 Å². The molecule has 2 aromatic carbocycles. The Bertz CT molecular complexity index is 1040. The Hall–Kier alpha value is -3.00. The average Bonchev–Trinajstić information content (AvgIpc) is 2.69. The number of benzene rings is 2. The minimum Gasteiger partial charge on any atom is -0.462 e. The van der Waals surface area contributed by atoms with E-state index in [0.717, 1.165) is 6.26 Å². The highest BCUT2D eigenvalue weighted by molar-refractivity contribution is 7.90. The molecule has 30 heavy (non-hydrogen) atoms. The van der Waals surface area contributed by atoms with Gasteiger partial charge in [-0.2, -0.15) is 0 Å². The third kappa shape index (κ3) is 6.25. The summed E-state index contributed by atoms with van der Waals surface area (Å²) in [5.41, 5.74) is 1.28. The first-order valence-corrected chi connectivity index (χ1v) is 11.1. The molecule has 0 aliphatic rings. The summed E-state index contributed by atoms with van der Waals surface area (Å²) in [7, 11) is -3.41. The maximum absolute atomic E-state index is 13.4. The van der Waals surface area contributed by atoms with E-state index in [-0.39, 0.29) is 23.7 Å². The normalized spacial score (nSPS) is 12.1.